The highest BCUT2D eigenvalue weighted by Crippen LogP contribution is 2.67. The lowest BCUT2D eigenvalue weighted by Gasteiger charge is -2.30. The van der Waals surface area contributed by atoms with Crippen molar-refractivity contribution in [3.63, 3.8) is 0 Å². The Bertz CT molecular complexity index is 607. The van der Waals surface area contributed by atoms with Crippen LogP contribution in [0, 0.1) is 23.7 Å². The van der Waals surface area contributed by atoms with E-state index in [-0.39, 0.29) is 0 Å². The van der Waals surface area contributed by atoms with Crippen molar-refractivity contribution in [2.24, 2.45) is 23.7 Å². The monoisotopic (exact) mass is 688 g/mol. The number of unbranched alkanes of at least 4 members (excludes halogenated alkanes) is 4. The van der Waals surface area contributed by atoms with Gasteiger partial charge in [0, 0.05) is 0 Å². The van der Waals surface area contributed by atoms with Crippen molar-refractivity contribution in [1.82, 2.24) is 0 Å². The van der Waals surface area contributed by atoms with Crippen molar-refractivity contribution >= 4 is 47.2 Å². The average Bonchev–Trinajstić information content (AvgIpc) is 3.00. The van der Waals surface area contributed by atoms with E-state index in [0.29, 0.717) is 55.6 Å². The normalized spacial score (nSPS) is 17.8. The van der Waals surface area contributed by atoms with Gasteiger partial charge in [0.15, 0.2) is 6.49 Å². The molecular formula is C33H70O4P2S3. The smallest absolute Gasteiger partial charge is 0.247 e. The van der Waals surface area contributed by atoms with Crippen molar-refractivity contribution in [2.45, 2.75) is 158 Å². The second-order valence-electron chi connectivity index (χ2n) is 12.2. The standard InChI is InChI=1S/C33H70O4P2S3/c1-9-17-21-30(13-5)25-34-38(40,35-26-31(14-6)22-18-10-2)29-42-39(41,36-27-32(15-7)23-19-11-3)37-28-33(16-8)24-20-12-4/h30-33H,9-29H2,1-8H3. The SMILES string of the molecule is CCCCC(CC)COP(=S)(CSP(=S)(OCC(CC)CCCC)OCC(CC)CCCC)OCC(CC)CCCC. The highest BCUT2D eigenvalue weighted by Gasteiger charge is 2.30. The summed E-state index contributed by atoms with van der Waals surface area (Å²) in [6.07, 6.45) is 18.9. The van der Waals surface area contributed by atoms with Gasteiger partial charge in [-0.2, -0.15) is 0 Å². The summed E-state index contributed by atoms with van der Waals surface area (Å²) in [5.41, 5.74) is -2.05. The van der Waals surface area contributed by atoms with E-state index >= 15 is 0 Å². The van der Waals surface area contributed by atoms with Crippen LogP contribution in [0.25, 0.3) is 0 Å². The fourth-order valence-corrected chi connectivity index (χ4v) is 15.1. The van der Waals surface area contributed by atoms with Gasteiger partial charge in [-0.05, 0) is 73.0 Å². The third kappa shape index (κ3) is 21.3. The van der Waals surface area contributed by atoms with Crippen LogP contribution in [0.1, 0.15) is 158 Å². The number of rotatable bonds is 31. The van der Waals surface area contributed by atoms with E-state index in [2.05, 4.69) is 55.4 Å². The Hall–Kier alpha value is 1.49. The van der Waals surface area contributed by atoms with E-state index in [4.69, 9.17) is 41.7 Å². The van der Waals surface area contributed by atoms with Crippen molar-refractivity contribution < 1.29 is 18.1 Å². The van der Waals surface area contributed by atoms with Gasteiger partial charge in [0.25, 0.3) is 0 Å². The minimum Gasteiger partial charge on any atom is -0.328 e. The molecule has 9 heteroatoms. The Morgan fingerprint density at radius 3 is 1.02 bits per heavy atom. The second-order valence-corrected chi connectivity index (χ2v) is 22.6. The third-order valence-corrected chi connectivity index (χ3v) is 18.3. The van der Waals surface area contributed by atoms with Gasteiger partial charge in [0.05, 0.1) is 31.9 Å². The van der Waals surface area contributed by atoms with Gasteiger partial charge in [-0.1, -0.05) is 144 Å². The Morgan fingerprint density at radius 2 is 0.762 bits per heavy atom. The predicted molar refractivity (Wildman–Crippen MR) is 198 cm³/mol. The molecule has 0 saturated heterocycles. The Balaban J connectivity index is 5.79. The molecular weight excluding hydrogens is 619 g/mol. The van der Waals surface area contributed by atoms with Gasteiger partial charge in [-0.3, -0.25) is 0 Å². The molecule has 0 amide bonds. The zero-order valence-corrected chi connectivity index (χ0v) is 33.1. The molecule has 254 valence electrons. The van der Waals surface area contributed by atoms with Crippen molar-refractivity contribution in [2.75, 3.05) is 31.9 Å². The van der Waals surface area contributed by atoms with E-state index in [9.17, 15) is 0 Å². The first-order chi connectivity index (χ1) is 20.2. The highest BCUT2D eigenvalue weighted by molar-refractivity contribution is 8.69. The van der Waals surface area contributed by atoms with E-state index in [1.165, 1.54) is 77.0 Å². The van der Waals surface area contributed by atoms with Crippen LogP contribution in [0.15, 0.2) is 0 Å². The van der Waals surface area contributed by atoms with E-state index < -0.39 is 12.2 Å². The Morgan fingerprint density at radius 1 is 0.476 bits per heavy atom. The molecule has 0 rings (SSSR count). The Kier molecular flexibility index (Phi) is 28.6. The van der Waals surface area contributed by atoms with Gasteiger partial charge in [-0.25, -0.2) is 0 Å². The van der Waals surface area contributed by atoms with E-state index in [0.717, 1.165) is 25.7 Å². The summed E-state index contributed by atoms with van der Waals surface area (Å²) in [5.74, 6) is 2.07. The first-order valence-electron chi connectivity index (χ1n) is 17.6. The lowest BCUT2D eigenvalue weighted by Crippen LogP contribution is -2.14. The minimum absolute atomic E-state index is 0.516. The zero-order chi connectivity index (χ0) is 31.7. The van der Waals surface area contributed by atoms with Crippen LogP contribution in [-0.4, -0.2) is 31.9 Å². The lowest BCUT2D eigenvalue weighted by atomic mass is 10.0. The van der Waals surface area contributed by atoms with Crippen LogP contribution in [0.5, 0.6) is 0 Å². The molecule has 0 N–H and O–H groups in total. The molecule has 0 aromatic rings. The second kappa shape index (κ2) is 27.6. The predicted octanol–water partition coefficient (Wildman–Crippen LogP) is 13.1. The number of hydrogen-bond acceptors (Lipinski definition) is 7. The van der Waals surface area contributed by atoms with Gasteiger partial charge < -0.3 is 18.1 Å². The molecule has 0 aliphatic carbocycles. The molecule has 0 spiro atoms. The third-order valence-electron chi connectivity index (χ3n) is 8.50. The minimum atomic E-state index is -2.61. The molecule has 0 aromatic heterocycles. The van der Waals surface area contributed by atoms with Crippen molar-refractivity contribution in [3.05, 3.63) is 0 Å². The van der Waals surface area contributed by atoms with Crippen LogP contribution in [0.4, 0.5) is 0 Å². The van der Waals surface area contributed by atoms with Gasteiger partial charge in [0.1, 0.15) is 0 Å². The summed E-state index contributed by atoms with van der Waals surface area (Å²) >= 11 is 14.1. The van der Waals surface area contributed by atoms with Crippen LogP contribution >= 0.6 is 23.6 Å². The Labute approximate surface area is 277 Å². The molecule has 0 heterocycles. The topological polar surface area (TPSA) is 36.9 Å². The van der Waals surface area contributed by atoms with Crippen molar-refractivity contribution in [3.8, 4) is 0 Å². The maximum Gasteiger partial charge on any atom is 0.247 e. The first kappa shape index (κ1) is 43.5. The molecule has 0 bridgehead atoms. The highest BCUT2D eigenvalue weighted by atomic mass is 32.9. The average molecular weight is 689 g/mol. The first-order valence-corrected chi connectivity index (χ1v) is 24.6. The molecule has 4 atom stereocenters. The molecule has 4 nitrogen and oxygen atoms in total. The summed E-state index contributed by atoms with van der Waals surface area (Å²) in [5, 5.41) is 0. The zero-order valence-electron chi connectivity index (χ0n) is 28.9. The van der Waals surface area contributed by atoms with Crippen LogP contribution in [0.2, 0.25) is 0 Å². The summed E-state index contributed by atoms with van der Waals surface area (Å²) in [7, 11) is 0. The quantitative estimate of drug-likeness (QED) is 0.0671. The fraction of sp³-hybridized carbons (Fsp3) is 1.00. The molecule has 42 heavy (non-hydrogen) atoms. The van der Waals surface area contributed by atoms with E-state index in [1.807, 2.05) is 0 Å². The number of hydrogen-bond donors (Lipinski definition) is 0. The van der Waals surface area contributed by atoms with Gasteiger partial charge >= 0.3 is 0 Å². The maximum absolute atomic E-state index is 6.62. The largest absolute Gasteiger partial charge is 0.328 e. The van der Waals surface area contributed by atoms with Crippen LogP contribution in [-0.2, 0) is 41.7 Å². The van der Waals surface area contributed by atoms with Crippen LogP contribution in [0.3, 0.4) is 0 Å². The molecule has 4 unspecified atom stereocenters. The van der Waals surface area contributed by atoms with Crippen LogP contribution < -0.4 is 0 Å². The molecule has 0 aliphatic rings. The summed E-state index contributed by atoms with van der Waals surface area (Å²) in [6.45, 7) is 18.2. The molecule has 0 radical (unpaired) electrons. The molecule has 0 saturated carbocycles. The van der Waals surface area contributed by atoms with Gasteiger partial charge in [0.2, 0.25) is 5.69 Å². The summed E-state index contributed by atoms with van der Waals surface area (Å²) in [4.78, 5) is 0. The fourth-order valence-electron chi connectivity index (χ4n) is 4.79. The van der Waals surface area contributed by atoms with E-state index in [1.54, 1.807) is 11.4 Å². The summed E-state index contributed by atoms with van der Waals surface area (Å²) < 4.78 is 26.4. The molecule has 0 aliphatic heterocycles. The summed E-state index contributed by atoms with van der Waals surface area (Å²) in [6, 6.07) is 0. The molecule has 0 aromatic carbocycles. The maximum atomic E-state index is 6.62. The lowest BCUT2D eigenvalue weighted by molar-refractivity contribution is 0.181. The molecule has 0 fully saturated rings. The van der Waals surface area contributed by atoms with Gasteiger partial charge in [-0.15, -0.1) is 0 Å². The van der Waals surface area contributed by atoms with Crippen molar-refractivity contribution in [1.29, 1.82) is 0 Å².